The minimum atomic E-state index is -3.36. The maximum absolute atomic E-state index is 12.2. The van der Waals surface area contributed by atoms with Gasteiger partial charge in [-0.15, -0.1) is 0 Å². The first-order valence-corrected chi connectivity index (χ1v) is 8.54. The molecule has 0 aromatic rings. The third-order valence-corrected chi connectivity index (χ3v) is 4.91. The molecule has 0 spiro atoms. The molecule has 5 nitrogen and oxygen atoms in total. The molecule has 2 unspecified atom stereocenters. The molecule has 1 fully saturated rings. The summed E-state index contributed by atoms with van der Waals surface area (Å²) in [6.45, 7) is 9.95. The van der Waals surface area contributed by atoms with Gasteiger partial charge in [-0.1, -0.05) is 27.7 Å². The van der Waals surface area contributed by atoms with Crippen LogP contribution in [0.2, 0.25) is 0 Å². The van der Waals surface area contributed by atoms with Crippen molar-refractivity contribution in [2.45, 2.75) is 53.0 Å². The third kappa shape index (κ3) is 6.21. The number of nitrogens with two attached hydrogens (primary N) is 1. The van der Waals surface area contributed by atoms with Crippen LogP contribution in [0.25, 0.3) is 0 Å². The summed E-state index contributed by atoms with van der Waals surface area (Å²) in [6.07, 6.45) is 2.84. The number of piperidine rings is 1. The van der Waals surface area contributed by atoms with Gasteiger partial charge in [0.05, 0.1) is 0 Å². The fourth-order valence-corrected chi connectivity index (χ4v) is 3.95. The first-order valence-electron chi connectivity index (χ1n) is 7.10. The molecule has 114 valence electrons. The van der Waals surface area contributed by atoms with Crippen molar-refractivity contribution in [3.8, 4) is 0 Å². The van der Waals surface area contributed by atoms with Gasteiger partial charge in [-0.2, -0.15) is 12.7 Å². The molecule has 3 N–H and O–H groups in total. The predicted molar refractivity (Wildman–Crippen MR) is 78.9 cm³/mol. The van der Waals surface area contributed by atoms with Gasteiger partial charge in [0, 0.05) is 25.7 Å². The van der Waals surface area contributed by atoms with Crippen LogP contribution in [0.5, 0.6) is 0 Å². The number of nitrogens with one attached hydrogen (secondary N) is 1. The second kappa shape index (κ2) is 6.52. The van der Waals surface area contributed by atoms with E-state index in [9.17, 15) is 8.42 Å². The third-order valence-electron chi connectivity index (χ3n) is 3.36. The highest BCUT2D eigenvalue weighted by molar-refractivity contribution is 7.87. The Morgan fingerprint density at radius 3 is 2.58 bits per heavy atom. The Kier molecular flexibility index (Phi) is 5.79. The Morgan fingerprint density at radius 1 is 1.42 bits per heavy atom. The monoisotopic (exact) mass is 291 g/mol. The standard InChI is InChI=1S/C13H29N3O2S/c1-11-6-5-7-16(10-11)19(17,18)15-9-12(14)8-13(2,3)4/h11-12,15H,5-10,14H2,1-4H3. The summed E-state index contributed by atoms with van der Waals surface area (Å²) in [7, 11) is -3.36. The zero-order valence-electron chi connectivity index (χ0n) is 12.6. The lowest BCUT2D eigenvalue weighted by atomic mass is 9.88. The van der Waals surface area contributed by atoms with E-state index < -0.39 is 10.2 Å². The molecule has 2 atom stereocenters. The normalized spacial score (nSPS) is 24.4. The van der Waals surface area contributed by atoms with Crippen molar-refractivity contribution in [1.82, 2.24) is 9.03 Å². The van der Waals surface area contributed by atoms with E-state index in [0.29, 0.717) is 25.6 Å². The molecule has 1 heterocycles. The van der Waals surface area contributed by atoms with Gasteiger partial charge in [0.25, 0.3) is 10.2 Å². The van der Waals surface area contributed by atoms with E-state index in [-0.39, 0.29) is 11.5 Å². The van der Waals surface area contributed by atoms with Gasteiger partial charge >= 0.3 is 0 Å². The minimum absolute atomic E-state index is 0.116. The molecule has 6 heteroatoms. The largest absolute Gasteiger partial charge is 0.326 e. The molecule has 19 heavy (non-hydrogen) atoms. The Hall–Kier alpha value is -0.170. The van der Waals surface area contributed by atoms with Crippen LogP contribution in [0.15, 0.2) is 0 Å². The quantitative estimate of drug-likeness (QED) is 0.802. The zero-order chi connectivity index (χ0) is 14.7. The second-order valence-corrected chi connectivity index (χ2v) is 8.74. The van der Waals surface area contributed by atoms with Gasteiger partial charge in [-0.25, -0.2) is 4.72 Å². The van der Waals surface area contributed by atoms with E-state index in [1.165, 1.54) is 0 Å². The summed E-state index contributed by atoms with van der Waals surface area (Å²) >= 11 is 0. The fourth-order valence-electron chi connectivity index (χ4n) is 2.53. The van der Waals surface area contributed by atoms with Crippen molar-refractivity contribution >= 4 is 10.2 Å². The van der Waals surface area contributed by atoms with Crippen LogP contribution in [0.4, 0.5) is 0 Å². The average molecular weight is 291 g/mol. The highest BCUT2D eigenvalue weighted by Gasteiger charge is 2.27. The van der Waals surface area contributed by atoms with E-state index in [1.54, 1.807) is 4.31 Å². The van der Waals surface area contributed by atoms with Crippen LogP contribution in [0.3, 0.4) is 0 Å². The summed E-state index contributed by atoms with van der Waals surface area (Å²) in [5.41, 5.74) is 6.09. The molecule has 1 saturated heterocycles. The maximum Gasteiger partial charge on any atom is 0.279 e. The van der Waals surface area contributed by atoms with Crippen molar-refractivity contribution in [3.63, 3.8) is 0 Å². The molecule has 0 aliphatic carbocycles. The summed E-state index contributed by atoms with van der Waals surface area (Å²) in [4.78, 5) is 0. The SMILES string of the molecule is CC1CCCN(S(=O)(=O)NCC(N)CC(C)(C)C)C1. The first kappa shape index (κ1) is 16.9. The smallest absolute Gasteiger partial charge is 0.279 e. The summed E-state index contributed by atoms with van der Waals surface area (Å²) < 4.78 is 28.5. The molecular formula is C13H29N3O2S. The second-order valence-electron chi connectivity index (χ2n) is 6.98. The van der Waals surface area contributed by atoms with E-state index in [0.717, 1.165) is 19.3 Å². The fraction of sp³-hybridized carbons (Fsp3) is 1.00. The van der Waals surface area contributed by atoms with Gasteiger partial charge in [-0.05, 0) is 30.6 Å². The van der Waals surface area contributed by atoms with Crippen LogP contribution >= 0.6 is 0 Å². The van der Waals surface area contributed by atoms with Crippen LogP contribution in [-0.2, 0) is 10.2 Å². The van der Waals surface area contributed by atoms with Crippen molar-refractivity contribution in [2.75, 3.05) is 19.6 Å². The van der Waals surface area contributed by atoms with Crippen molar-refractivity contribution in [1.29, 1.82) is 0 Å². The first-order chi connectivity index (χ1) is 8.60. The molecule has 0 bridgehead atoms. The van der Waals surface area contributed by atoms with Crippen molar-refractivity contribution in [2.24, 2.45) is 17.1 Å². The Balaban J connectivity index is 2.46. The summed E-state index contributed by atoms with van der Waals surface area (Å²) in [5, 5.41) is 0. The van der Waals surface area contributed by atoms with Crippen LogP contribution in [0.1, 0.15) is 47.0 Å². The summed E-state index contributed by atoms with van der Waals surface area (Å²) in [5.74, 6) is 0.438. The number of hydrogen-bond donors (Lipinski definition) is 2. The topological polar surface area (TPSA) is 75.4 Å². The van der Waals surface area contributed by atoms with Gasteiger partial charge in [0.1, 0.15) is 0 Å². The molecule has 0 aromatic carbocycles. The van der Waals surface area contributed by atoms with Gasteiger partial charge in [0.2, 0.25) is 0 Å². The van der Waals surface area contributed by atoms with Gasteiger partial charge < -0.3 is 5.73 Å². The Morgan fingerprint density at radius 2 is 2.05 bits per heavy atom. The van der Waals surface area contributed by atoms with Crippen LogP contribution in [-0.4, -0.2) is 38.4 Å². The average Bonchev–Trinajstić information content (AvgIpc) is 2.24. The minimum Gasteiger partial charge on any atom is -0.326 e. The lowest BCUT2D eigenvalue weighted by Gasteiger charge is -2.31. The number of rotatable bonds is 5. The highest BCUT2D eigenvalue weighted by Crippen LogP contribution is 2.20. The van der Waals surface area contributed by atoms with E-state index in [1.807, 2.05) is 0 Å². The lowest BCUT2D eigenvalue weighted by Crippen LogP contribution is -2.48. The van der Waals surface area contributed by atoms with E-state index in [4.69, 9.17) is 5.73 Å². The molecule has 0 amide bonds. The molecular weight excluding hydrogens is 262 g/mol. The lowest BCUT2D eigenvalue weighted by molar-refractivity contribution is 0.276. The van der Waals surface area contributed by atoms with Crippen LogP contribution in [0, 0.1) is 11.3 Å². The molecule has 1 aliphatic rings. The highest BCUT2D eigenvalue weighted by atomic mass is 32.2. The summed E-state index contributed by atoms with van der Waals surface area (Å²) in [6, 6.07) is -0.142. The number of nitrogens with zero attached hydrogens (tertiary/aromatic N) is 1. The van der Waals surface area contributed by atoms with Crippen LogP contribution < -0.4 is 10.5 Å². The van der Waals surface area contributed by atoms with Crippen molar-refractivity contribution in [3.05, 3.63) is 0 Å². The maximum atomic E-state index is 12.2. The van der Waals surface area contributed by atoms with Gasteiger partial charge in [0.15, 0.2) is 0 Å². The molecule has 0 saturated carbocycles. The molecule has 1 aliphatic heterocycles. The van der Waals surface area contributed by atoms with E-state index in [2.05, 4.69) is 32.4 Å². The Labute approximate surface area is 118 Å². The molecule has 0 aromatic heterocycles. The van der Waals surface area contributed by atoms with Crippen molar-refractivity contribution < 1.29 is 8.42 Å². The van der Waals surface area contributed by atoms with Gasteiger partial charge in [-0.3, -0.25) is 0 Å². The van der Waals surface area contributed by atoms with E-state index >= 15 is 0 Å². The molecule has 1 rings (SSSR count). The predicted octanol–water partition coefficient (Wildman–Crippen LogP) is 1.32. The zero-order valence-corrected chi connectivity index (χ0v) is 13.5. The molecule has 0 radical (unpaired) electrons. The Bertz CT molecular complexity index is 376. The number of hydrogen-bond acceptors (Lipinski definition) is 3.